The summed E-state index contributed by atoms with van der Waals surface area (Å²) in [4.78, 5) is 13.5. The lowest BCUT2D eigenvalue weighted by Gasteiger charge is -2.15. The van der Waals surface area contributed by atoms with Crippen molar-refractivity contribution < 1.29 is 0 Å². The average Bonchev–Trinajstić information content (AvgIpc) is 2.81. The molecule has 1 aliphatic carbocycles. The summed E-state index contributed by atoms with van der Waals surface area (Å²) >= 11 is 1.96. The lowest BCUT2D eigenvalue weighted by Crippen LogP contribution is -2.12. The van der Waals surface area contributed by atoms with E-state index in [0.29, 0.717) is 17.1 Å². The monoisotopic (exact) mass is 278 g/mol. The molecule has 2 fully saturated rings. The summed E-state index contributed by atoms with van der Waals surface area (Å²) in [5, 5.41) is 0.440. The lowest BCUT2D eigenvalue weighted by molar-refractivity contribution is 0.553. The van der Waals surface area contributed by atoms with Crippen LogP contribution in [0.2, 0.25) is 0 Å². The Morgan fingerprint density at radius 1 is 0.842 bits per heavy atom. The van der Waals surface area contributed by atoms with Crippen LogP contribution in [-0.2, 0) is 0 Å². The minimum atomic E-state index is 0.414. The molecule has 0 aromatic carbocycles. The van der Waals surface area contributed by atoms with Crippen LogP contribution >= 0.6 is 11.8 Å². The highest BCUT2D eigenvalue weighted by molar-refractivity contribution is 7.99. The Labute approximate surface area is 119 Å². The lowest BCUT2D eigenvalue weighted by atomic mass is 9.99. The molecule has 1 aliphatic heterocycles. The van der Waals surface area contributed by atoms with E-state index in [1.165, 1.54) is 57.1 Å². The van der Waals surface area contributed by atoms with E-state index in [1.54, 1.807) is 0 Å². The topological polar surface area (TPSA) is 64.7 Å². The molecule has 1 saturated carbocycles. The summed E-state index contributed by atoms with van der Waals surface area (Å²) in [5.41, 5.74) is 5.90. The van der Waals surface area contributed by atoms with Crippen LogP contribution in [0.5, 0.6) is 0 Å². The number of nitrogens with two attached hydrogens (primary N) is 1. The van der Waals surface area contributed by atoms with E-state index in [1.807, 2.05) is 11.8 Å². The van der Waals surface area contributed by atoms with Crippen molar-refractivity contribution in [2.75, 3.05) is 11.5 Å². The molecule has 0 amide bonds. The van der Waals surface area contributed by atoms with Crippen LogP contribution < -0.4 is 5.73 Å². The van der Waals surface area contributed by atoms with Crippen molar-refractivity contribution in [3.8, 4) is 0 Å². The summed E-state index contributed by atoms with van der Waals surface area (Å²) in [6.45, 7) is 0. The Bertz CT molecular complexity index is 423. The molecule has 1 aromatic heterocycles. The highest BCUT2D eigenvalue weighted by atomic mass is 32.2. The van der Waals surface area contributed by atoms with Gasteiger partial charge in [0.25, 0.3) is 0 Å². The van der Waals surface area contributed by atoms with Crippen LogP contribution in [0.1, 0.15) is 74.2 Å². The molecule has 0 bridgehead atoms. The van der Waals surface area contributed by atoms with E-state index in [-0.39, 0.29) is 0 Å². The molecule has 104 valence electrons. The molecule has 19 heavy (non-hydrogen) atoms. The quantitative estimate of drug-likeness (QED) is 0.839. The summed E-state index contributed by atoms with van der Waals surface area (Å²) in [5.74, 6) is 4.01. The highest BCUT2D eigenvalue weighted by Crippen LogP contribution is 2.39. The number of anilines is 1. The average molecular weight is 278 g/mol. The third kappa shape index (κ3) is 3.19. The molecule has 0 spiro atoms. The minimum absolute atomic E-state index is 0.414. The molecule has 4 nitrogen and oxygen atoms in total. The van der Waals surface area contributed by atoms with Crippen LogP contribution in [0, 0.1) is 0 Å². The van der Waals surface area contributed by atoms with Gasteiger partial charge in [0.2, 0.25) is 5.95 Å². The summed E-state index contributed by atoms with van der Waals surface area (Å²) in [7, 11) is 0. The zero-order chi connectivity index (χ0) is 13.1. The Balaban J connectivity index is 1.83. The Hall–Kier alpha value is -0.840. The van der Waals surface area contributed by atoms with Gasteiger partial charge in [-0.3, -0.25) is 0 Å². The largest absolute Gasteiger partial charge is 0.368 e. The minimum Gasteiger partial charge on any atom is -0.368 e. The predicted molar refractivity (Wildman–Crippen MR) is 79.1 cm³/mol. The molecule has 3 rings (SSSR count). The van der Waals surface area contributed by atoms with Crippen molar-refractivity contribution in [3.63, 3.8) is 0 Å². The highest BCUT2D eigenvalue weighted by Gasteiger charge is 2.24. The van der Waals surface area contributed by atoms with Crippen LogP contribution in [0.15, 0.2) is 0 Å². The maximum Gasteiger partial charge on any atom is 0.223 e. The smallest absolute Gasteiger partial charge is 0.223 e. The van der Waals surface area contributed by atoms with Crippen molar-refractivity contribution in [3.05, 3.63) is 11.6 Å². The maximum absolute atomic E-state index is 5.90. The SMILES string of the molecule is Nc1nc(C2CCCCCC2)nc(C2CCCS2)n1. The summed E-state index contributed by atoms with van der Waals surface area (Å²) in [6.07, 6.45) is 10.2. The van der Waals surface area contributed by atoms with Gasteiger partial charge in [-0.25, -0.2) is 4.98 Å². The van der Waals surface area contributed by atoms with E-state index in [2.05, 4.69) is 9.97 Å². The molecule has 1 atom stereocenters. The number of thioether (sulfide) groups is 1. The molecule has 1 unspecified atom stereocenters. The number of nitrogen functional groups attached to an aromatic ring is 1. The molecule has 2 N–H and O–H groups in total. The van der Waals surface area contributed by atoms with E-state index in [4.69, 9.17) is 10.7 Å². The van der Waals surface area contributed by atoms with E-state index >= 15 is 0 Å². The van der Waals surface area contributed by atoms with Gasteiger partial charge in [0, 0.05) is 5.92 Å². The number of nitrogens with zero attached hydrogens (tertiary/aromatic N) is 3. The Morgan fingerprint density at radius 2 is 1.58 bits per heavy atom. The van der Waals surface area contributed by atoms with Crippen molar-refractivity contribution in [2.24, 2.45) is 0 Å². The Kier molecular flexibility index (Phi) is 4.21. The van der Waals surface area contributed by atoms with Crippen LogP contribution in [0.3, 0.4) is 0 Å². The van der Waals surface area contributed by atoms with E-state index < -0.39 is 0 Å². The molecule has 0 radical (unpaired) electrons. The fourth-order valence-electron chi connectivity index (χ4n) is 3.07. The third-order valence-electron chi connectivity index (χ3n) is 4.13. The van der Waals surface area contributed by atoms with Gasteiger partial charge in [-0.2, -0.15) is 21.7 Å². The van der Waals surface area contributed by atoms with E-state index in [0.717, 1.165) is 11.6 Å². The number of rotatable bonds is 2. The normalized spacial score (nSPS) is 25.4. The maximum atomic E-state index is 5.90. The molecule has 1 saturated heterocycles. The number of hydrogen-bond donors (Lipinski definition) is 1. The van der Waals surface area contributed by atoms with Gasteiger partial charge in [0.15, 0.2) is 0 Å². The molecular formula is C14H22N4S. The van der Waals surface area contributed by atoms with Crippen molar-refractivity contribution >= 4 is 17.7 Å². The first-order chi connectivity index (χ1) is 9.33. The third-order valence-corrected chi connectivity index (χ3v) is 5.50. The fraction of sp³-hybridized carbons (Fsp3) is 0.786. The van der Waals surface area contributed by atoms with Gasteiger partial charge in [0.05, 0.1) is 5.25 Å². The standard InChI is InChI=1S/C14H22N4S/c15-14-17-12(10-6-3-1-2-4-7-10)16-13(18-14)11-8-5-9-19-11/h10-11H,1-9H2,(H2,15,16,17,18). The first-order valence-corrected chi connectivity index (χ1v) is 8.51. The number of aromatic nitrogens is 3. The zero-order valence-corrected chi connectivity index (χ0v) is 12.2. The van der Waals surface area contributed by atoms with Crippen LogP contribution in [-0.4, -0.2) is 20.7 Å². The zero-order valence-electron chi connectivity index (χ0n) is 11.3. The molecule has 2 heterocycles. The van der Waals surface area contributed by atoms with Gasteiger partial charge < -0.3 is 5.73 Å². The van der Waals surface area contributed by atoms with Crippen LogP contribution in [0.25, 0.3) is 0 Å². The molecule has 5 heteroatoms. The first-order valence-electron chi connectivity index (χ1n) is 7.46. The van der Waals surface area contributed by atoms with Gasteiger partial charge >= 0.3 is 0 Å². The van der Waals surface area contributed by atoms with Crippen molar-refractivity contribution in [1.82, 2.24) is 15.0 Å². The van der Waals surface area contributed by atoms with Crippen molar-refractivity contribution in [1.29, 1.82) is 0 Å². The fourth-order valence-corrected chi connectivity index (χ4v) is 4.28. The summed E-state index contributed by atoms with van der Waals surface area (Å²) in [6, 6.07) is 0. The molecule has 2 aliphatic rings. The van der Waals surface area contributed by atoms with Gasteiger partial charge in [-0.05, 0) is 31.4 Å². The molecular weight excluding hydrogens is 256 g/mol. The van der Waals surface area contributed by atoms with Gasteiger partial charge in [0.1, 0.15) is 11.6 Å². The second kappa shape index (κ2) is 6.07. The van der Waals surface area contributed by atoms with Gasteiger partial charge in [-0.15, -0.1) is 0 Å². The summed E-state index contributed by atoms with van der Waals surface area (Å²) < 4.78 is 0. The van der Waals surface area contributed by atoms with Gasteiger partial charge in [-0.1, -0.05) is 25.7 Å². The Morgan fingerprint density at radius 3 is 2.26 bits per heavy atom. The van der Waals surface area contributed by atoms with Crippen LogP contribution in [0.4, 0.5) is 5.95 Å². The number of hydrogen-bond acceptors (Lipinski definition) is 5. The van der Waals surface area contributed by atoms with E-state index in [9.17, 15) is 0 Å². The predicted octanol–water partition coefficient (Wildman–Crippen LogP) is 3.46. The second-order valence-corrected chi connectivity index (χ2v) is 6.91. The molecule has 1 aromatic rings. The first kappa shape index (κ1) is 13.2. The van der Waals surface area contributed by atoms with Crippen molar-refractivity contribution in [2.45, 2.75) is 62.5 Å². The second-order valence-electron chi connectivity index (χ2n) is 5.60.